The Bertz CT molecular complexity index is 159. The van der Waals surface area contributed by atoms with Crippen LogP contribution in [0.15, 0.2) is 0 Å². The molecule has 0 spiro atoms. The predicted octanol–water partition coefficient (Wildman–Crippen LogP) is 2.01. The Kier molecular flexibility index (Phi) is 4.66. The summed E-state index contributed by atoms with van der Waals surface area (Å²) in [5, 5.41) is 0. The van der Waals surface area contributed by atoms with E-state index >= 15 is 0 Å². The summed E-state index contributed by atoms with van der Waals surface area (Å²) >= 11 is 0. The molecular weight excluding hydrogens is 124 g/mol. The van der Waals surface area contributed by atoms with Crippen LogP contribution in [0.1, 0.15) is 33.6 Å². The van der Waals surface area contributed by atoms with Crippen molar-refractivity contribution < 1.29 is 4.79 Å². The summed E-state index contributed by atoms with van der Waals surface area (Å²) in [6.45, 7) is 5.52. The van der Waals surface area contributed by atoms with Gasteiger partial charge in [0.2, 0.25) is 0 Å². The average molecular weight is 138 g/mol. The first-order chi connectivity index (χ1) is 4.68. The van der Waals surface area contributed by atoms with Crippen LogP contribution in [0.5, 0.6) is 0 Å². The molecule has 1 atom stereocenters. The number of ketones is 1. The SMILES string of the molecule is CCC#CC[C@H](C)C(C)=O. The second-order valence-electron chi connectivity index (χ2n) is 2.42. The lowest BCUT2D eigenvalue weighted by Crippen LogP contribution is -2.04. The van der Waals surface area contributed by atoms with Crippen molar-refractivity contribution in [1.82, 2.24) is 0 Å². The topological polar surface area (TPSA) is 17.1 Å². The third-order valence-corrected chi connectivity index (χ3v) is 1.40. The van der Waals surface area contributed by atoms with Crippen molar-refractivity contribution in [1.29, 1.82) is 0 Å². The molecule has 0 fully saturated rings. The molecule has 0 aromatic heterocycles. The van der Waals surface area contributed by atoms with Crippen molar-refractivity contribution in [3.8, 4) is 11.8 Å². The van der Waals surface area contributed by atoms with Crippen LogP contribution in [0.2, 0.25) is 0 Å². The molecule has 0 aliphatic heterocycles. The Morgan fingerprint density at radius 2 is 2.10 bits per heavy atom. The Hall–Kier alpha value is -0.770. The van der Waals surface area contributed by atoms with Gasteiger partial charge in [-0.15, -0.1) is 11.8 Å². The van der Waals surface area contributed by atoms with Gasteiger partial charge in [-0.05, 0) is 6.92 Å². The normalized spacial score (nSPS) is 11.5. The molecule has 0 bridgehead atoms. The van der Waals surface area contributed by atoms with Gasteiger partial charge in [-0.2, -0.15) is 0 Å². The monoisotopic (exact) mass is 138 g/mol. The number of carbonyl (C=O) groups is 1. The van der Waals surface area contributed by atoms with Gasteiger partial charge in [-0.3, -0.25) is 4.79 Å². The van der Waals surface area contributed by atoms with E-state index in [2.05, 4.69) is 11.8 Å². The molecule has 0 aliphatic carbocycles. The first-order valence-corrected chi connectivity index (χ1v) is 3.64. The van der Waals surface area contributed by atoms with Crippen LogP contribution in [-0.2, 0) is 4.79 Å². The van der Waals surface area contributed by atoms with E-state index in [1.54, 1.807) is 6.92 Å². The van der Waals surface area contributed by atoms with E-state index in [9.17, 15) is 4.79 Å². The van der Waals surface area contributed by atoms with Gasteiger partial charge >= 0.3 is 0 Å². The molecule has 0 N–H and O–H groups in total. The highest BCUT2D eigenvalue weighted by atomic mass is 16.1. The molecule has 10 heavy (non-hydrogen) atoms. The summed E-state index contributed by atoms with van der Waals surface area (Å²) in [5.41, 5.74) is 0. The highest BCUT2D eigenvalue weighted by molar-refractivity contribution is 5.78. The lowest BCUT2D eigenvalue weighted by molar-refractivity contribution is -0.120. The number of rotatable bonds is 2. The van der Waals surface area contributed by atoms with E-state index in [0.717, 1.165) is 6.42 Å². The molecule has 56 valence electrons. The second kappa shape index (κ2) is 5.05. The maximum Gasteiger partial charge on any atom is 0.133 e. The van der Waals surface area contributed by atoms with Crippen LogP contribution in [-0.4, -0.2) is 5.78 Å². The van der Waals surface area contributed by atoms with Crippen molar-refractivity contribution in [3.05, 3.63) is 0 Å². The van der Waals surface area contributed by atoms with Crippen LogP contribution in [0, 0.1) is 17.8 Å². The van der Waals surface area contributed by atoms with Crippen LogP contribution in [0.3, 0.4) is 0 Å². The van der Waals surface area contributed by atoms with Crippen LogP contribution in [0.4, 0.5) is 0 Å². The van der Waals surface area contributed by atoms with Gasteiger partial charge in [0, 0.05) is 18.8 Å². The zero-order chi connectivity index (χ0) is 7.98. The maximum absolute atomic E-state index is 10.7. The van der Waals surface area contributed by atoms with Gasteiger partial charge < -0.3 is 0 Å². The fraction of sp³-hybridized carbons (Fsp3) is 0.667. The molecule has 0 rings (SSSR count). The maximum atomic E-state index is 10.7. The number of hydrogen-bond donors (Lipinski definition) is 0. The van der Waals surface area contributed by atoms with Gasteiger partial charge in [0.05, 0.1) is 0 Å². The largest absolute Gasteiger partial charge is 0.300 e. The minimum absolute atomic E-state index is 0.110. The molecule has 0 amide bonds. The molecule has 0 radical (unpaired) electrons. The fourth-order valence-electron chi connectivity index (χ4n) is 0.494. The number of Topliss-reactive ketones (excluding diaryl/α,β-unsaturated/α-hetero) is 1. The smallest absolute Gasteiger partial charge is 0.133 e. The van der Waals surface area contributed by atoms with Crippen LogP contribution < -0.4 is 0 Å². The Morgan fingerprint density at radius 1 is 1.50 bits per heavy atom. The molecule has 0 aliphatic rings. The fourth-order valence-corrected chi connectivity index (χ4v) is 0.494. The van der Waals surface area contributed by atoms with E-state index in [0.29, 0.717) is 6.42 Å². The van der Waals surface area contributed by atoms with Gasteiger partial charge in [0.1, 0.15) is 5.78 Å². The molecule has 1 nitrogen and oxygen atoms in total. The molecular formula is C9H14O. The van der Waals surface area contributed by atoms with E-state index < -0.39 is 0 Å². The zero-order valence-corrected chi connectivity index (χ0v) is 6.90. The molecule has 0 aromatic carbocycles. The van der Waals surface area contributed by atoms with E-state index in [-0.39, 0.29) is 11.7 Å². The van der Waals surface area contributed by atoms with E-state index in [1.165, 1.54) is 0 Å². The Labute approximate surface area is 62.8 Å². The molecule has 0 unspecified atom stereocenters. The standard InChI is InChI=1S/C9H14O/c1-4-5-6-7-8(2)9(3)10/h8H,4,7H2,1-3H3/t8-/m0/s1. The van der Waals surface area contributed by atoms with Crippen molar-refractivity contribution in [2.45, 2.75) is 33.6 Å². The molecule has 0 saturated heterocycles. The van der Waals surface area contributed by atoms with Crippen molar-refractivity contribution >= 4 is 5.78 Å². The van der Waals surface area contributed by atoms with Crippen molar-refractivity contribution in [3.63, 3.8) is 0 Å². The highest BCUT2D eigenvalue weighted by Crippen LogP contribution is 2.00. The minimum atomic E-state index is 0.110. The Morgan fingerprint density at radius 3 is 2.50 bits per heavy atom. The molecule has 1 heteroatoms. The van der Waals surface area contributed by atoms with Gasteiger partial charge in [0.25, 0.3) is 0 Å². The summed E-state index contributed by atoms with van der Waals surface area (Å²) in [6, 6.07) is 0. The predicted molar refractivity (Wildman–Crippen MR) is 42.5 cm³/mol. The van der Waals surface area contributed by atoms with Crippen LogP contribution >= 0.6 is 0 Å². The Balaban J connectivity index is 3.58. The summed E-state index contributed by atoms with van der Waals surface area (Å²) in [4.78, 5) is 10.7. The van der Waals surface area contributed by atoms with Crippen molar-refractivity contribution in [2.24, 2.45) is 5.92 Å². The minimum Gasteiger partial charge on any atom is -0.300 e. The van der Waals surface area contributed by atoms with Gasteiger partial charge in [0.15, 0.2) is 0 Å². The summed E-state index contributed by atoms with van der Waals surface area (Å²) < 4.78 is 0. The van der Waals surface area contributed by atoms with Crippen molar-refractivity contribution in [2.75, 3.05) is 0 Å². The summed E-state index contributed by atoms with van der Waals surface area (Å²) in [6.07, 6.45) is 1.59. The average Bonchev–Trinajstić information content (AvgIpc) is 1.88. The van der Waals surface area contributed by atoms with Gasteiger partial charge in [-0.1, -0.05) is 13.8 Å². The lowest BCUT2D eigenvalue weighted by Gasteiger charge is -1.98. The van der Waals surface area contributed by atoms with Crippen LogP contribution in [0.25, 0.3) is 0 Å². The van der Waals surface area contributed by atoms with Gasteiger partial charge in [-0.25, -0.2) is 0 Å². The quantitative estimate of drug-likeness (QED) is 0.533. The van der Waals surface area contributed by atoms with E-state index in [1.807, 2.05) is 13.8 Å². The molecule has 0 heterocycles. The van der Waals surface area contributed by atoms with E-state index in [4.69, 9.17) is 0 Å². The molecule has 0 saturated carbocycles. The molecule has 0 aromatic rings. The third kappa shape index (κ3) is 4.14. The highest BCUT2D eigenvalue weighted by Gasteiger charge is 2.03. The summed E-state index contributed by atoms with van der Waals surface area (Å²) in [7, 11) is 0. The first-order valence-electron chi connectivity index (χ1n) is 3.64. The lowest BCUT2D eigenvalue weighted by atomic mass is 10.0. The number of hydrogen-bond acceptors (Lipinski definition) is 1. The zero-order valence-electron chi connectivity index (χ0n) is 6.90. The second-order valence-corrected chi connectivity index (χ2v) is 2.42. The number of carbonyl (C=O) groups excluding carboxylic acids is 1. The first kappa shape index (κ1) is 9.23. The summed E-state index contributed by atoms with van der Waals surface area (Å²) in [5.74, 6) is 6.21. The third-order valence-electron chi connectivity index (χ3n) is 1.40.